The largest absolute Gasteiger partial charge is 0.480 e. The number of hydrogen-bond acceptors (Lipinski definition) is 4. The summed E-state index contributed by atoms with van der Waals surface area (Å²) in [5.74, 6) is -1.17. The van der Waals surface area contributed by atoms with Crippen LogP contribution in [0.25, 0.3) is 0 Å². The molecule has 0 aromatic carbocycles. The molecule has 2 saturated heterocycles. The average Bonchev–Trinajstić information content (AvgIpc) is 2.81. The van der Waals surface area contributed by atoms with E-state index < -0.39 is 21.5 Å². The summed E-state index contributed by atoms with van der Waals surface area (Å²) in [6.07, 6.45) is 3.15. The lowest BCUT2D eigenvalue weighted by Gasteiger charge is -2.40. The Morgan fingerprint density at radius 3 is 2.74 bits per heavy atom. The Kier molecular flexibility index (Phi) is 4.17. The first-order valence-electron chi connectivity index (χ1n) is 6.72. The second-order valence-corrected chi connectivity index (χ2v) is 7.46. The number of ether oxygens (including phenoxy) is 1. The maximum Gasteiger partial charge on any atom is 0.324 e. The molecule has 0 aromatic heterocycles. The van der Waals surface area contributed by atoms with Gasteiger partial charge >= 0.3 is 5.97 Å². The number of sulfonamides is 1. The molecule has 0 radical (unpaired) electrons. The number of piperidine rings is 1. The van der Waals surface area contributed by atoms with Crippen molar-refractivity contribution in [3.8, 4) is 0 Å². The van der Waals surface area contributed by atoms with Gasteiger partial charge in [0.2, 0.25) is 10.0 Å². The van der Waals surface area contributed by atoms with Crippen molar-refractivity contribution in [2.24, 2.45) is 0 Å². The number of aliphatic carboxylic acids is 1. The number of hydrogen-bond donors (Lipinski definition) is 1. The van der Waals surface area contributed by atoms with Crippen LogP contribution in [0.15, 0.2) is 0 Å². The molecule has 0 bridgehead atoms. The van der Waals surface area contributed by atoms with E-state index in [0.717, 1.165) is 19.3 Å². The zero-order valence-corrected chi connectivity index (χ0v) is 12.0. The van der Waals surface area contributed by atoms with E-state index in [1.807, 2.05) is 0 Å². The smallest absolute Gasteiger partial charge is 0.324 e. The van der Waals surface area contributed by atoms with Crippen molar-refractivity contribution in [2.75, 3.05) is 18.9 Å². The van der Waals surface area contributed by atoms with Gasteiger partial charge in [0.15, 0.2) is 0 Å². The SMILES string of the molecule is CC1(C(=O)O)CCCCN1S(=O)(=O)CC1CCCO1. The van der Waals surface area contributed by atoms with Gasteiger partial charge in [0.05, 0.1) is 11.9 Å². The number of nitrogens with zero attached hydrogens (tertiary/aromatic N) is 1. The van der Waals surface area contributed by atoms with Crippen molar-refractivity contribution < 1.29 is 23.1 Å². The second-order valence-electron chi connectivity index (χ2n) is 5.52. The molecule has 6 nitrogen and oxygen atoms in total. The quantitative estimate of drug-likeness (QED) is 0.829. The molecule has 19 heavy (non-hydrogen) atoms. The zero-order chi connectivity index (χ0) is 14.1. The Bertz CT molecular complexity index is 443. The Labute approximate surface area is 113 Å². The van der Waals surface area contributed by atoms with Gasteiger partial charge in [0.1, 0.15) is 5.54 Å². The van der Waals surface area contributed by atoms with Gasteiger partial charge in [-0.3, -0.25) is 4.79 Å². The highest BCUT2D eigenvalue weighted by atomic mass is 32.2. The lowest BCUT2D eigenvalue weighted by Crippen LogP contribution is -2.58. The van der Waals surface area contributed by atoms with Crippen LogP contribution in [-0.2, 0) is 19.6 Å². The molecule has 110 valence electrons. The molecule has 2 aliphatic rings. The van der Waals surface area contributed by atoms with Gasteiger partial charge in [-0.15, -0.1) is 0 Å². The number of carbonyl (C=O) groups is 1. The van der Waals surface area contributed by atoms with E-state index in [2.05, 4.69) is 0 Å². The van der Waals surface area contributed by atoms with Crippen molar-refractivity contribution in [1.29, 1.82) is 0 Å². The standard InChI is InChI=1S/C12H21NO5S/c1-12(11(14)15)6-2-3-7-13(12)19(16,17)9-10-5-4-8-18-10/h10H,2-9H2,1H3,(H,14,15). The van der Waals surface area contributed by atoms with Gasteiger partial charge in [-0.05, 0) is 39.0 Å². The number of rotatable bonds is 4. The van der Waals surface area contributed by atoms with Crippen LogP contribution in [-0.4, -0.2) is 54.3 Å². The fraction of sp³-hybridized carbons (Fsp3) is 0.917. The first-order valence-corrected chi connectivity index (χ1v) is 8.33. The molecule has 2 heterocycles. The summed E-state index contributed by atoms with van der Waals surface area (Å²) in [7, 11) is -3.59. The third-order valence-electron chi connectivity index (χ3n) is 4.04. The van der Waals surface area contributed by atoms with Crippen molar-refractivity contribution in [2.45, 2.75) is 50.7 Å². The van der Waals surface area contributed by atoms with Crippen LogP contribution in [0.4, 0.5) is 0 Å². The summed E-state index contributed by atoms with van der Waals surface area (Å²) in [5, 5.41) is 9.35. The molecule has 0 saturated carbocycles. The summed E-state index contributed by atoms with van der Waals surface area (Å²) in [5.41, 5.74) is -1.31. The van der Waals surface area contributed by atoms with Crippen molar-refractivity contribution >= 4 is 16.0 Å². The molecule has 0 amide bonds. The Morgan fingerprint density at radius 2 is 2.16 bits per heavy atom. The average molecular weight is 291 g/mol. The van der Waals surface area contributed by atoms with Crippen LogP contribution in [0.3, 0.4) is 0 Å². The topological polar surface area (TPSA) is 83.9 Å². The summed E-state index contributed by atoms with van der Waals surface area (Å²) in [6.45, 7) is 2.38. The van der Waals surface area contributed by atoms with E-state index in [9.17, 15) is 18.3 Å². The predicted octanol–water partition coefficient (Wildman–Crippen LogP) is 0.824. The highest BCUT2D eigenvalue weighted by Gasteiger charge is 2.47. The number of carboxylic acid groups (broad SMARTS) is 1. The third-order valence-corrected chi connectivity index (χ3v) is 6.09. The van der Waals surface area contributed by atoms with E-state index in [1.54, 1.807) is 0 Å². The third kappa shape index (κ3) is 2.93. The molecule has 7 heteroatoms. The van der Waals surface area contributed by atoms with Gasteiger partial charge in [-0.1, -0.05) is 0 Å². The second kappa shape index (κ2) is 5.38. The van der Waals surface area contributed by atoms with E-state index in [-0.39, 0.29) is 18.4 Å². The van der Waals surface area contributed by atoms with Crippen LogP contribution in [0.5, 0.6) is 0 Å². The zero-order valence-electron chi connectivity index (χ0n) is 11.2. The first-order chi connectivity index (χ1) is 8.86. The summed E-state index contributed by atoms with van der Waals surface area (Å²) >= 11 is 0. The molecule has 0 aromatic rings. The monoisotopic (exact) mass is 291 g/mol. The molecule has 0 aliphatic carbocycles. The van der Waals surface area contributed by atoms with Crippen molar-refractivity contribution in [1.82, 2.24) is 4.31 Å². The van der Waals surface area contributed by atoms with E-state index in [0.29, 0.717) is 19.4 Å². The molecule has 2 aliphatic heterocycles. The number of carboxylic acids is 1. The molecule has 1 N–H and O–H groups in total. The van der Waals surface area contributed by atoms with Crippen LogP contribution in [0, 0.1) is 0 Å². The van der Waals surface area contributed by atoms with Gasteiger partial charge in [-0.25, -0.2) is 8.42 Å². The minimum Gasteiger partial charge on any atom is -0.480 e. The summed E-state index contributed by atoms with van der Waals surface area (Å²) in [6, 6.07) is 0. The highest BCUT2D eigenvalue weighted by molar-refractivity contribution is 7.89. The fourth-order valence-corrected chi connectivity index (χ4v) is 4.96. The van der Waals surface area contributed by atoms with Crippen molar-refractivity contribution in [3.63, 3.8) is 0 Å². The Hall–Kier alpha value is -0.660. The van der Waals surface area contributed by atoms with Gasteiger partial charge in [0.25, 0.3) is 0 Å². The maximum absolute atomic E-state index is 12.4. The first kappa shape index (κ1) is 14.7. The van der Waals surface area contributed by atoms with E-state index >= 15 is 0 Å². The summed E-state index contributed by atoms with van der Waals surface area (Å²) < 4.78 is 31.4. The van der Waals surface area contributed by atoms with Crippen LogP contribution in [0.1, 0.15) is 39.0 Å². The molecule has 0 spiro atoms. The molecule has 2 unspecified atom stereocenters. The van der Waals surface area contributed by atoms with Gasteiger partial charge in [-0.2, -0.15) is 4.31 Å². The molecule has 2 fully saturated rings. The maximum atomic E-state index is 12.4. The highest BCUT2D eigenvalue weighted by Crippen LogP contribution is 2.32. The van der Waals surface area contributed by atoms with Crippen molar-refractivity contribution in [3.05, 3.63) is 0 Å². The lowest BCUT2D eigenvalue weighted by atomic mass is 9.91. The normalized spacial score (nSPS) is 33.4. The molecule has 2 rings (SSSR count). The minimum absolute atomic E-state index is 0.101. The lowest BCUT2D eigenvalue weighted by molar-refractivity contribution is -0.149. The van der Waals surface area contributed by atoms with Crippen LogP contribution in [0.2, 0.25) is 0 Å². The summed E-state index contributed by atoms with van der Waals surface area (Å²) in [4.78, 5) is 11.4. The van der Waals surface area contributed by atoms with Gasteiger partial charge < -0.3 is 9.84 Å². The van der Waals surface area contributed by atoms with E-state index in [1.165, 1.54) is 11.2 Å². The molecular formula is C12H21NO5S. The predicted molar refractivity (Wildman–Crippen MR) is 69.4 cm³/mol. The van der Waals surface area contributed by atoms with Crippen LogP contribution >= 0.6 is 0 Å². The van der Waals surface area contributed by atoms with Gasteiger partial charge in [0, 0.05) is 13.2 Å². The molecular weight excluding hydrogens is 270 g/mol. The van der Waals surface area contributed by atoms with Crippen LogP contribution < -0.4 is 0 Å². The fourth-order valence-electron chi connectivity index (χ4n) is 2.86. The Balaban J connectivity index is 2.18. The van der Waals surface area contributed by atoms with E-state index in [4.69, 9.17) is 4.74 Å². The molecule has 2 atom stereocenters. The minimum atomic E-state index is -3.59. The Morgan fingerprint density at radius 1 is 1.42 bits per heavy atom.